The summed E-state index contributed by atoms with van der Waals surface area (Å²) in [6, 6.07) is 2.03. The largest absolute Gasteiger partial charge is 0.339 e. The summed E-state index contributed by atoms with van der Waals surface area (Å²) in [7, 11) is 0. The average Bonchev–Trinajstić information content (AvgIpc) is 2.93. The van der Waals surface area contributed by atoms with Gasteiger partial charge in [0.15, 0.2) is 0 Å². The number of aromatic nitrogens is 2. The van der Waals surface area contributed by atoms with Crippen molar-refractivity contribution in [3.63, 3.8) is 0 Å². The van der Waals surface area contributed by atoms with E-state index < -0.39 is 0 Å². The van der Waals surface area contributed by atoms with Crippen LogP contribution in [0.15, 0.2) is 18.5 Å². The number of hydrogen-bond acceptors (Lipinski definition) is 5. The Kier molecular flexibility index (Phi) is 4.34. The van der Waals surface area contributed by atoms with Gasteiger partial charge in [0.25, 0.3) is 0 Å². The highest BCUT2D eigenvalue weighted by Crippen LogP contribution is 2.27. The number of nitrogens with zero attached hydrogens (tertiary/aromatic N) is 4. The zero-order chi connectivity index (χ0) is 14.7. The minimum atomic E-state index is 0.216. The molecule has 1 aliphatic heterocycles. The molecule has 0 unspecified atom stereocenters. The van der Waals surface area contributed by atoms with Gasteiger partial charge in [0.05, 0.1) is 0 Å². The molecule has 6 heteroatoms. The Hall–Kier alpha value is -1.69. The molecule has 0 bridgehead atoms. The molecule has 1 aromatic heterocycles. The molecule has 0 spiro atoms. The lowest BCUT2D eigenvalue weighted by atomic mass is 9.99. The van der Waals surface area contributed by atoms with Crippen LogP contribution in [0.2, 0.25) is 0 Å². The van der Waals surface area contributed by atoms with Gasteiger partial charge in [-0.3, -0.25) is 4.79 Å². The molecule has 1 amide bonds. The lowest BCUT2D eigenvalue weighted by Crippen LogP contribution is -2.49. The molecule has 1 aliphatic carbocycles. The lowest BCUT2D eigenvalue weighted by molar-refractivity contribution is -0.132. The second-order valence-electron chi connectivity index (χ2n) is 5.98. The maximum absolute atomic E-state index is 12.4. The van der Waals surface area contributed by atoms with E-state index in [-0.39, 0.29) is 11.9 Å². The molecule has 2 aliphatic rings. The molecule has 1 aromatic rings. The molecule has 2 N–H and O–H groups in total. The Bertz CT molecular complexity index is 472. The molecular weight excluding hydrogens is 266 g/mol. The number of piperazine rings is 1. The number of carbonyl (C=O) groups is 1. The summed E-state index contributed by atoms with van der Waals surface area (Å²) in [6.07, 6.45) is 7.45. The van der Waals surface area contributed by atoms with Crippen molar-refractivity contribution in [2.45, 2.75) is 31.7 Å². The highest BCUT2D eigenvalue weighted by atomic mass is 16.2. The second-order valence-corrected chi connectivity index (χ2v) is 5.98. The summed E-state index contributed by atoms with van der Waals surface area (Å²) in [5, 5.41) is 0. The number of nitrogens with two attached hydrogens (primary N) is 1. The fourth-order valence-electron chi connectivity index (χ4n) is 3.28. The summed E-state index contributed by atoms with van der Waals surface area (Å²) in [5.41, 5.74) is 6.06. The zero-order valence-corrected chi connectivity index (χ0v) is 12.3. The summed E-state index contributed by atoms with van der Waals surface area (Å²) < 4.78 is 0. The van der Waals surface area contributed by atoms with E-state index in [2.05, 4.69) is 14.9 Å². The van der Waals surface area contributed by atoms with Crippen molar-refractivity contribution in [1.29, 1.82) is 0 Å². The fourth-order valence-corrected chi connectivity index (χ4v) is 3.28. The Morgan fingerprint density at radius 1 is 1.19 bits per heavy atom. The van der Waals surface area contributed by atoms with Crippen molar-refractivity contribution in [3.05, 3.63) is 18.5 Å². The van der Waals surface area contributed by atoms with Crippen molar-refractivity contribution in [1.82, 2.24) is 14.9 Å². The molecule has 1 saturated heterocycles. The Balaban J connectivity index is 1.50. The van der Waals surface area contributed by atoms with E-state index in [1.807, 2.05) is 11.0 Å². The first-order chi connectivity index (χ1) is 10.2. The van der Waals surface area contributed by atoms with Gasteiger partial charge in [-0.1, -0.05) is 6.42 Å². The summed E-state index contributed by atoms with van der Waals surface area (Å²) in [5.74, 6) is 1.39. The molecule has 2 atom stereocenters. The quantitative estimate of drug-likeness (QED) is 0.884. The minimum Gasteiger partial charge on any atom is -0.339 e. The average molecular weight is 289 g/mol. The molecule has 2 fully saturated rings. The number of carbonyl (C=O) groups excluding carboxylic acids is 1. The highest BCUT2D eigenvalue weighted by molar-refractivity contribution is 5.76. The number of amides is 1. The van der Waals surface area contributed by atoms with Gasteiger partial charge >= 0.3 is 0 Å². The molecule has 2 heterocycles. The summed E-state index contributed by atoms with van der Waals surface area (Å²) in [4.78, 5) is 25.0. The zero-order valence-electron chi connectivity index (χ0n) is 12.3. The Labute approximate surface area is 125 Å². The van der Waals surface area contributed by atoms with Crippen molar-refractivity contribution in [2.24, 2.45) is 11.7 Å². The van der Waals surface area contributed by atoms with E-state index in [9.17, 15) is 4.79 Å². The first-order valence-electron chi connectivity index (χ1n) is 7.79. The monoisotopic (exact) mass is 289 g/mol. The van der Waals surface area contributed by atoms with Gasteiger partial charge in [0.2, 0.25) is 11.9 Å². The maximum atomic E-state index is 12.4. The third kappa shape index (κ3) is 3.32. The molecule has 3 rings (SSSR count). The van der Waals surface area contributed by atoms with Gasteiger partial charge in [0, 0.05) is 51.0 Å². The van der Waals surface area contributed by atoms with Gasteiger partial charge in [-0.15, -0.1) is 0 Å². The van der Waals surface area contributed by atoms with Crippen LogP contribution in [0.4, 0.5) is 5.95 Å². The van der Waals surface area contributed by atoms with E-state index in [1.165, 1.54) is 0 Å². The van der Waals surface area contributed by atoms with Crippen LogP contribution in [0.5, 0.6) is 0 Å². The van der Waals surface area contributed by atoms with Crippen LogP contribution in [-0.4, -0.2) is 53.0 Å². The van der Waals surface area contributed by atoms with Crippen LogP contribution in [0, 0.1) is 5.92 Å². The predicted molar refractivity (Wildman–Crippen MR) is 80.8 cm³/mol. The third-order valence-corrected chi connectivity index (χ3v) is 4.62. The first kappa shape index (κ1) is 14.3. The Morgan fingerprint density at radius 3 is 2.52 bits per heavy atom. The minimum absolute atomic E-state index is 0.216. The van der Waals surface area contributed by atoms with Gasteiger partial charge in [0.1, 0.15) is 0 Å². The molecule has 6 nitrogen and oxygen atoms in total. The highest BCUT2D eigenvalue weighted by Gasteiger charge is 2.29. The van der Waals surface area contributed by atoms with Crippen LogP contribution in [0.3, 0.4) is 0 Å². The van der Waals surface area contributed by atoms with Gasteiger partial charge in [-0.05, 0) is 24.8 Å². The van der Waals surface area contributed by atoms with E-state index in [0.29, 0.717) is 12.3 Å². The molecule has 0 radical (unpaired) electrons. The molecule has 0 aromatic carbocycles. The van der Waals surface area contributed by atoms with Crippen LogP contribution >= 0.6 is 0 Å². The standard InChI is InChI=1S/C15H23N5O/c16-13-4-1-3-12(13)11-14(21)19-7-9-20(10-8-19)15-17-5-2-6-18-15/h2,5-6,12-13H,1,3-4,7-11,16H2/t12-,13+/m0/s1. The maximum Gasteiger partial charge on any atom is 0.225 e. The molecule has 21 heavy (non-hydrogen) atoms. The predicted octanol–water partition coefficient (Wildman–Crippen LogP) is 0.643. The number of hydrogen-bond donors (Lipinski definition) is 1. The van der Waals surface area contributed by atoms with Gasteiger partial charge < -0.3 is 15.5 Å². The van der Waals surface area contributed by atoms with Crippen LogP contribution in [0.1, 0.15) is 25.7 Å². The smallest absolute Gasteiger partial charge is 0.225 e. The van der Waals surface area contributed by atoms with E-state index >= 15 is 0 Å². The van der Waals surface area contributed by atoms with Crippen molar-refractivity contribution < 1.29 is 4.79 Å². The summed E-state index contributed by atoms with van der Waals surface area (Å²) in [6.45, 7) is 3.09. The van der Waals surface area contributed by atoms with Crippen LogP contribution < -0.4 is 10.6 Å². The van der Waals surface area contributed by atoms with E-state index in [1.54, 1.807) is 12.4 Å². The second kappa shape index (κ2) is 6.39. The molecule has 114 valence electrons. The normalized spacial score (nSPS) is 26.1. The fraction of sp³-hybridized carbons (Fsp3) is 0.667. The van der Waals surface area contributed by atoms with Crippen molar-refractivity contribution >= 4 is 11.9 Å². The van der Waals surface area contributed by atoms with Crippen molar-refractivity contribution in [2.75, 3.05) is 31.1 Å². The number of anilines is 1. The van der Waals surface area contributed by atoms with Crippen LogP contribution in [0.25, 0.3) is 0 Å². The van der Waals surface area contributed by atoms with Gasteiger partial charge in [-0.25, -0.2) is 9.97 Å². The number of rotatable bonds is 3. The van der Waals surface area contributed by atoms with E-state index in [0.717, 1.165) is 51.4 Å². The Morgan fingerprint density at radius 2 is 1.90 bits per heavy atom. The molecular formula is C15H23N5O. The van der Waals surface area contributed by atoms with E-state index in [4.69, 9.17) is 5.73 Å². The van der Waals surface area contributed by atoms with Crippen molar-refractivity contribution in [3.8, 4) is 0 Å². The summed E-state index contributed by atoms with van der Waals surface area (Å²) >= 11 is 0. The molecule has 1 saturated carbocycles. The lowest BCUT2D eigenvalue weighted by Gasteiger charge is -2.35. The third-order valence-electron chi connectivity index (χ3n) is 4.62. The first-order valence-corrected chi connectivity index (χ1v) is 7.79. The van der Waals surface area contributed by atoms with Gasteiger partial charge in [-0.2, -0.15) is 0 Å². The van der Waals surface area contributed by atoms with Crippen LogP contribution in [-0.2, 0) is 4.79 Å². The topological polar surface area (TPSA) is 75.4 Å². The SMILES string of the molecule is N[C@@H]1CCC[C@H]1CC(=O)N1CCN(c2ncccn2)CC1.